The Morgan fingerprint density at radius 1 is 1.33 bits per heavy atom. The van der Waals surface area contributed by atoms with Gasteiger partial charge >= 0.3 is 5.97 Å². The third kappa shape index (κ3) is 2.76. The Hall–Kier alpha value is -0.520. The van der Waals surface area contributed by atoms with E-state index in [1.165, 1.54) is 0 Å². The van der Waals surface area contributed by atoms with Gasteiger partial charge in [-0.3, -0.25) is 14.5 Å². The summed E-state index contributed by atoms with van der Waals surface area (Å²) in [6.45, 7) is 3.92. The second kappa shape index (κ2) is 5.28. The highest BCUT2D eigenvalue weighted by Gasteiger charge is 2.68. The van der Waals surface area contributed by atoms with E-state index in [0.29, 0.717) is 13.0 Å². The minimum absolute atomic E-state index is 0.0637. The van der Waals surface area contributed by atoms with Gasteiger partial charge in [-0.25, -0.2) is 0 Å². The molecule has 3 fully saturated rings. The first-order valence-corrected chi connectivity index (χ1v) is 8.18. The molecule has 1 amide bonds. The minimum atomic E-state index is -0.925. The van der Waals surface area contributed by atoms with Crippen LogP contribution in [0.25, 0.3) is 0 Å². The Kier molecular flexibility index (Phi) is 3.87. The third-order valence-corrected chi connectivity index (χ3v) is 6.07. The molecule has 7 heteroatoms. The third-order valence-electron chi connectivity index (χ3n) is 4.97. The highest BCUT2D eigenvalue weighted by molar-refractivity contribution is 6.53. The van der Waals surface area contributed by atoms with Crippen molar-refractivity contribution >= 4 is 35.1 Å². The van der Waals surface area contributed by atoms with Gasteiger partial charge in [-0.2, -0.15) is 0 Å². The summed E-state index contributed by atoms with van der Waals surface area (Å²) >= 11 is 12.1. The Morgan fingerprint density at radius 2 is 1.95 bits per heavy atom. The van der Waals surface area contributed by atoms with Gasteiger partial charge in [0, 0.05) is 25.6 Å². The zero-order valence-electron chi connectivity index (χ0n) is 12.0. The molecule has 0 spiro atoms. The van der Waals surface area contributed by atoms with Crippen molar-refractivity contribution in [3.05, 3.63) is 0 Å². The number of amides is 1. The quantitative estimate of drug-likeness (QED) is 0.627. The molecule has 5 nitrogen and oxygen atoms in total. The lowest BCUT2D eigenvalue weighted by Crippen LogP contribution is -2.50. The second-order valence-electron chi connectivity index (χ2n) is 6.47. The zero-order valence-corrected chi connectivity index (χ0v) is 13.5. The molecule has 2 aliphatic heterocycles. The number of halogens is 2. The van der Waals surface area contributed by atoms with Crippen molar-refractivity contribution in [3.8, 4) is 0 Å². The topological polar surface area (TPSA) is 58.6 Å². The van der Waals surface area contributed by atoms with E-state index in [-0.39, 0.29) is 24.0 Å². The lowest BCUT2D eigenvalue weighted by Gasteiger charge is -2.35. The van der Waals surface area contributed by atoms with E-state index in [2.05, 4.69) is 10.2 Å². The number of esters is 1. The number of nitrogens with zero attached hydrogens (tertiary/aromatic N) is 1. The molecule has 2 heterocycles. The number of cyclic esters (lactones) is 1. The number of likely N-dealkylation sites (tertiary alicyclic amines) is 1. The molecule has 3 rings (SSSR count). The van der Waals surface area contributed by atoms with Crippen LogP contribution < -0.4 is 5.32 Å². The van der Waals surface area contributed by atoms with Crippen LogP contribution in [0.15, 0.2) is 0 Å². The van der Waals surface area contributed by atoms with Crippen LogP contribution in [0.4, 0.5) is 0 Å². The van der Waals surface area contributed by atoms with Crippen molar-refractivity contribution in [2.45, 2.75) is 49.0 Å². The smallest absolute Gasteiger partial charge is 0.323 e. The van der Waals surface area contributed by atoms with Gasteiger partial charge in [-0.1, -0.05) is 0 Å². The molecule has 2 saturated heterocycles. The molecule has 0 unspecified atom stereocenters. The van der Waals surface area contributed by atoms with Crippen molar-refractivity contribution in [3.63, 3.8) is 0 Å². The molecule has 3 aliphatic rings. The standard InChI is InChI=1S/C14H20Cl2N2O3/c1-13(8-14(13,15)16)12(20)17-9-2-5-18(6-3-9)10-4-7-21-11(10)19/h9-10H,2-8H2,1H3,(H,17,20)/t10-,13+/m0/s1. The summed E-state index contributed by atoms with van der Waals surface area (Å²) in [5, 5.41) is 3.05. The average molecular weight is 335 g/mol. The molecule has 0 aromatic carbocycles. The van der Waals surface area contributed by atoms with E-state index in [9.17, 15) is 9.59 Å². The number of nitrogens with one attached hydrogen (secondary N) is 1. The van der Waals surface area contributed by atoms with Gasteiger partial charge in [0.1, 0.15) is 10.4 Å². The maximum atomic E-state index is 12.2. The number of carbonyl (C=O) groups excluding carboxylic acids is 2. The molecule has 21 heavy (non-hydrogen) atoms. The molecule has 0 aromatic rings. The predicted octanol–water partition coefficient (Wildman–Crippen LogP) is 1.47. The van der Waals surface area contributed by atoms with E-state index in [0.717, 1.165) is 32.4 Å². The van der Waals surface area contributed by atoms with Gasteiger partial charge in [0.05, 0.1) is 12.0 Å². The van der Waals surface area contributed by atoms with Crippen molar-refractivity contribution in [2.75, 3.05) is 19.7 Å². The fourth-order valence-corrected chi connectivity index (χ4v) is 3.87. The number of piperidine rings is 1. The molecule has 1 aliphatic carbocycles. The van der Waals surface area contributed by atoms with Gasteiger partial charge in [0.2, 0.25) is 5.91 Å². The van der Waals surface area contributed by atoms with Gasteiger partial charge in [-0.05, 0) is 26.2 Å². The average Bonchev–Trinajstić information content (AvgIpc) is 2.76. The molecule has 2 atom stereocenters. The van der Waals surface area contributed by atoms with Crippen molar-refractivity contribution < 1.29 is 14.3 Å². The Balaban J connectivity index is 1.48. The highest BCUT2D eigenvalue weighted by atomic mass is 35.5. The van der Waals surface area contributed by atoms with E-state index in [1.54, 1.807) is 6.92 Å². The summed E-state index contributed by atoms with van der Waals surface area (Å²) in [4.78, 5) is 26.0. The van der Waals surface area contributed by atoms with E-state index in [1.807, 2.05) is 0 Å². The van der Waals surface area contributed by atoms with Gasteiger partial charge < -0.3 is 10.1 Å². The van der Waals surface area contributed by atoms with Crippen LogP contribution in [0.2, 0.25) is 0 Å². The van der Waals surface area contributed by atoms with Crippen molar-refractivity contribution in [2.24, 2.45) is 5.41 Å². The summed E-state index contributed by atoms with van der Waals surface area (Å²) in [6, 6.07) is 0.0358. The first-order valence-electron chi connectivity index (χ1n) is 7.43. The van der Waals surface area contributed by atoms with Gasteiger partial charge in [0.15, 0.2) is 0 Å². The zero-order chi connectivity index (χ0) is 15.3. The van der Waals surface area contributed by atoms with Crippen molar-refractivity contribution in [1.29, 1.82) is 0 Å². The Morgan fingerprint density at radius 3 is 2.43 bits per heavy atom. The number of hydrogen-bond donors (Lipinski definition) is 1. The normalized spacial score (nSPS) is 36.3. The second-order valence-corrected chi connectivity index (χ2v) is 7.95. The number of rotatable bonds is 3. The van der Waals surface area contributed by atoms with Gasteiger partial charge in [0.25, 0.3) is 0 Å². The number of carbonyl (C=O) groups is 2. The summed E-state index contributed by atoms with van der Waals surface area (Å²) in [7, 11) is 0. The van der Waals surface area contributed by atoms with Crippen LogP contribution in [-0.2, 0) is 14.3 Å². The minimum Gasteiger partial charge on any atom is -0.464 e. The van der Waals surface area contributed by atoms with E-state index >= 15 is 0 Å². The Labute approximate surface area is 134 Å². The molecule has 1 saturated carbocycles. The molecule has 118 valence electrons. The SMILES string of the molecule is C[C@]1(C(=O)NC2CCN([C@H]3CCOC3=O)CC2)CC1(Cl)Cl. The monoisotopic (exact) mass is 334 g/mol. The van der Waals surface area contributed by atoms with Crippen LogP contribution >= 0.6 is 23.2 Å². The van der Waals surface area contributed by atoms with Crippen LogP contribution in [0.3, 0.4) is 0 Å². The molecule has 0 bridgehead atoms. The van der Waals surface area contributed by atoms with Crippen LogP contribution in [0, 0.1) is 5.41 Å². The molecular formula is C14H20Cl2N2O3. The Bertz CT molecular complexity index is 463. The highest BCUT2D eigenvalue weighted by Crippen LogP contribution is 2.63. The number of hydrogen-bond acceptors (Lipinski definition) is 4. The lowest BCUT2D eigenvalue weighted by molar-refractivity contribution is -0.142. The maximum absolute atomic E-state index is 12.2. The molecule has 0 radical (unpaired) electrons. The summed E-state index contributed by atoms with van der Waals surface area (Å²) in [5.41, 5.74) is -0.664. The predicted molar refractivity (Wildman–Crippen MR) is 79.3 cm³/mol. The summed E-state index contributed by atoms with van der Waals surface area (Å²) < 4.78 is 4.08. The van der Waals surface area contributed by atoms with E-state index < -0.39 is 9.75 Å². The van der Waals surface area contributed by atoms with E-state index in [4.69, 9.17) is 27.9 Å². The van der Waals surface area contributed by atoms with Crippen LogP contribution in [-0.4, -0.2) is 52.9 Å². The molecular weight excluding hydrogens is 315 g/mol. The van der Waals surface area contributed by atoms with Crippen LogP contribution in [0.1, 0.15) is 32.6 Å². The number of ether oxygens (including phenoxy) is 1. The summed E-state index contributed by atoms with van der Waals surface area (Å²) in [6.07, 6.45) is 2.95. The fourth-order valence-electron chi connectivity index (χ4n) is 3.16. The van der Waals surface area contributed by atoms with Crippen LogP contribution in [0.5, 0.6) is 0 Å². The lowest BCUT2D eigenvalue weighted by atomic mass is 10.0. The fraction of sp³-hybridized carbons (Fsp3) is 0.857. The maximum Gasteiger partial charge on any atom is 0.323 e. The largest absolute Gasteiger partial charge is 0.464 e. The number of alkyl halides is 2. The van der Waals surface area contributed by atoms with Crippen molar-refractivity contribution in [1.82, 2.24) is 10.2 Å². The van der Waals surface area contributed by atoms with Gasteiger partial charge in [-0.15, -0.1) is 23.2 Å². The first kappa shape index (κ1) is 15.4. The molecule has 1 N–H and O–H groups in total. The summed E-state index contributed by atoms with van der Waals surface area (Å²) in [5.74, 6) is -0.178. The molecule has 0 aromatic heterocycles. The first-order chi connectivity index (χ1) is 9.83.